The second kappa shape index (κ2) is 107. The van der Waals surface area contributed by atoms with Gasteiger partial charge in [-0.05, 0) is 223 Å². The molecule has 732 valence electrons. The number of anilines is 3. The summed E-state index contributed by atoms with van der Waals surface area (Å²) < 4.78 is 15.1. The Hall–Kier alpha value is -7.18. The molecule has 133 heavy (non-hydrogen) atoms. The minimum Gasteiger partial charge on any atom is -1.00 e. The van der Waals surface area contributed by atoms with Gasteiger partial charge in [-0.2, -0.15) is 0 Å². The number of hydrogen-bond donors (Lipinski definition) is 3. The number of nitro groups is 2. The van der Waals surface area contributed by atoms with Gasteiger partial charge in [-0.15, -0.1) is 0 Å². The van der Waals surface area contributed by atoms with Crippen molar-refractivity contribution in [2.24, 2.45) is 0 Å². The third-order valence-electron chi connectivity index (χ3n) is 16.2. The van der Waals surface area contributed by atoms with Crippen LogP contribution in [0.5, 0.6) is 0 Å². The first-order valence-electron chi connectivity index (χ1n) is 47.2. The molecule has 10 aromatic carbocycles. The van der Waals surface area contributed by atoms with Crippen LogP contribution in [0.3, 0.4) is 0 Å². The Kier molecular flexibility index (Phi) is 117. The number of carbonyl (C=O) groups excluding carboxylic acids is 4. The summed E-state index contributed by atoms with van der Waals surface area (Å²) in [6.07, 6.45) is 12.8. The molecule has 2 amide bonds. The molecule has 0 aromatic heterocycles. The third kappa shape index (κ3) is 75.6. The van der Waals surface area contributed by atoms with E-state index in [1.807, 2.05) is 212 Å². The van der Waals surface area contributed by atoms with Crippen LogP contribution in [0.2, 0.25) is 5.02 Å². The molecule has 4 N–H and O–H groups in total. The molecule has 0 fully saturated rings. The van der Waals surface area contributed by atoms with Gasteiger partial charge in [-0.1, -0.05) is 392 Å². The van der Waals surface area contributed by atoms with Gasteiger partial charge in [0.25, 0.3) is 17.8 Å². The van der Waals surface area contributed by atoms with Crippen molar-refractivity contribution >= 4 is 98.3 Å². The summed E-state index contributed by atoms with van der Waals surface area (Å²) in [6, 6.07) is 78.2. The molecule has 0 spiro atoms. The number of nitrogens with zero attached hydrogens (tertiary/aromatic N) is 2. The van der Waals surface area contributed by atoms with E-state index < -0.39 is 22.5 Å². The minimum absolute atomic E-state index is 0. The number of carbonyl (C=O) groups is 4. The van der Waals surface area contributed by atoms with E-state index in [9.17, 15) is 34.6 Å². The number of aryl methyl sites for hydroxylation is 6. The molecule has 0 saturated heterocycles. The second-order valence-electron chi connectivity index (χ2n) is 25.0. The summed E-state index contributed by atoms with van der Waals surface area (Å²) in [5, 5.41) is 35.9. The quantitative estimate of drug-likeness (QED) is 0.00524. The molecule has 0 unspecified atom stereocenters. The zero-order chi connectivity index (χ0) is 102. The summed E-state index contributed by atoms with van der Waals surface area (Å²) in [4.78, 5) is 64.6. The molecule has 23 heteroatoms. The topological polar surface area (TPSA) is 265 Å². The molecule has 0 aliphatic rings. The Morgan fingerprint density at radius 3 is 0.977 bits per heavy atom. The largest absolute Gasteiger partial charge is 1.00 e. The number of nitro benzene ring substituents is 2. The number of halogens is 3. The number of ether oxygens (including phenoxy) is 3. The molecule has 0 bridgehead atoms. The molecule has 10 aromatic rings. The maximum absolute atomic E-state index is 11.7. The summed E-state index contributed by atoms with van der Waals surface area (Å²) in [5.41, 5.74) is 25.5. The van der Waals surface area contributed by atoms with E-state index >= 15 is 0 Å². The van der Waals surface area contributed by atoms with Crippen LogP contribution >= 0.6 is 45.8 Å². The minimum atomic E-state index is -0.738. The molecule has 18 nitrogen and oxygen atoms in total. The fourth-order valence-corrected chi connectivity index (χ4v) is 12.1. The van der Waals surface area contributed by atoms with Crippen molar-refractivity contribution in [2.75, 3.05) is 36.2 Å². The number of nitrogens with one attached hydrogen (secondary N) is 2. The number of benzene rings is 10. The van der Waals surface area contributed by atoms with E-state index in [-0.39, 0.29) is 127 Å². The van der Waals surface area contributed by atoms with Crippen molar-refractivity contribution in [1.29, 1.82) is 0 Å². The maximum Gasteiger partial charge on any atom is 1.00 e. The molecule has 0 atom stereocenters. The standard InChI is InChI=1S/C19H22INO2.C19H23NO2.C16H17NO2.C16H19N.C9H10ClNO2.C7H8.C3H5ClO2.10C2H6.CH2O3.2K.H/c1-3-8-15-13-18(21-19(22)23-4-2)17(20)12-16(15)11-14-9-6-5-7-10-14;1-3-8-16-14-18(20-19(21)22-4-2)12-11-17(16)13-15-9-6-5-7-10-15;1-2-6-14-12-16(17(18)19)10-9-15(14)11-13-7-4-3-5-8-13;1-2-6-14-12-16(17)10-9-15(14)11-13-7-4-3-5-8-13;1-2-3-7-6-8(11(12)13)4-5-9(7)10;1-7-5-3-2-4-6-7;1-2-6-3(4)5;10*1-2;2-1-4-3;;;/h5-7,9-10,12-13H,3-4,8,11H2,1-2H3,(H,21,22);5-7,9-12,14H,3-4,8,13H2,1-2H3,(H,20,21);3-5,7-10,12H,2,6,11H2,1H3;3-5,7-10,12H,2,6,11,17H2,1H3;4-6H,2-3H2,1H3;2-6H,1H3;2H2,1H3;10*1-2H3;1,3H;;;/q;;;;;;;;;;;;;;;;;;2*+1;-1/p-1. The van der Waals surface area contributed by atoms with Crippen LogP contribution in [0, 0.1) is 30.7 Å². The average molecular weight is 2040 g/mol. The average Bonchev–Trinajstić information content (AvgIpc) is 0.828. The van der Waals surface area contributed by atoms with Crippen LogP contribution in [-0.2, 0) is 81.7 Å². The van der Waals surface area contributed by atoms with E-state index in [2.05, 4.69) is 217 Å². The van der Waals surface area contributed by atoms with Crippen LogP contribution in [0.1, 0.15) is 305 Å². The summed E-state index contributed by atoms with van der Waals surface area (Å²) >= 11 is 12.8. The van der Waals surface area contributed by atoms with E-state index in [4.69, 9.17) is 48.5 Å². The van der Waals surface area contributed by atoms with Crippen molar-refractivity contribution in [1.82, 2.24) is 0 Å². The number of nitrogen functional groups attached to an aromatic ring is 1. The molecule has 10 rings (SSSR count). The first-order valence-corrected chi connectivity index (χ1v) is 49.0. The summed E-state index contributed by atoms with van der Waals surface area (Å²) in [7, 11) is 0. The first kappa shape index (κ1) is 146. The Morgan fingerprint density at radius 2 is 0.669 bits per heavy atom. The number of nitrogens with two attached hydrogens (primary N) is 1. The van der Waals surface area contributed by atoms with Gasteiger partial charge in [-0.25, -0.2) is 14.4 Å². The monoisotopic (exact) mass is 2040 g/mol. The number of amides is 2. The van der Waals surface area contributed by atoms with Crippen molar-refractivity contribution in [3.8, 4) is 0 Å². The van der Waals surface area contributed by atoms with Crippen LogP contribution in [-0.4, -0.2) is 53.8 Å². The fraction of sp³-hybridized carbons (Fsp3) is 0.418. The van der Waals surface area contributed by atoms with Gasteiger partial charge in [0.15, 0.2) is 0 Å². The predicted molar refractivity (Wildman–Crippen MR) is 572 cm³/mol. The smallest absolute Gasteiger partial charge is 1.00 e. The number of non-ortho nitro benzene ring substituents is 2. The fourth-order valence-electron chi connectivity index (χ4n) is 11.1. The van der Waals surface area contributed by atoms with Gasteiger partial charge in [0.1, 0.15) is 0 Å². The predicted octanol–water partition coefficient (Wildman–Crippen LogP) is 27.5. The Morgan fingerprint density at radius 1 is 0.383 bits per heavy atom. The molecular weight excluding hydrogens is 1880 g/mol. The Bertz CT molecular complexity index is 4370. The van der Waals surface area contributed by atoms with Gasteiger partial charge in [0.05, 0.1) is 35.4 Å². The Balaban J connectivity index is -0.000000143. The third-order valence-corrected chi connectivity index (χ3v) is 17.6. The van der Waals surface area contributed by atoms with Crippen LogP contribution in [0.4, 0.5) is 42.8 Å². The van der Waals surface area contributed by atoms with Gasteiger partial charge < -0.3 is 31.5 Å². The molecule has 0 aliphatic carbocycles. The van der Waals surface area contributed by atoms with E-state index in [1.54, 1.807) is 39.0 Å². The Labute approximate surface area is 915 Å². The van der Waals surface area contributed by atoms with Gasteiger partial charge in [0.2, 0.25) is 0 Å². The number of rotatable bonds is 26. The normalized spacial score (nSPS) is 8.70. The molecule has 0 heterocycles. The van der Waals surface area contributed by atoms with Crippen molar-refractivity contribution in [3.05, 3.63) is 343 Å². The molecular formula is C110H166Cl2IK2N5O13. The zero-order valence-electron chi connectivity index (χ0n) is 88.0. The van der Waals surface area contributed by atoms with Gasteiger partial charge >= 0.3 is 120 Å². The van der Waals surface area contributed by atoms with Gasteiger partial charge in [0, 0.05) is 55.8 Å². The van der Waals surface area contributed by atoms with Crippen molar-refractivity contribution < 1.29 is 158 Å². The van der Waals surface area contributed by atoms with Gasteiger partial charge in [-0.3, -0.25) is 35.7 Å². The van der Waals surface area contributed by atoms with Crippen molar-refractivity contribution in [2.45, 2.75) is 291 Å². The van der Waals surface area contributed by atoms with Crippen LogP contribution in [0.15, 0.2) is 237 Å². The molecule has 0 saturated carbocycles. The van der Waals surface area contributed by atoms with E-state index in [0.29, 0.717) is 24.8 Å². The summed E-state index contributed by atoms with van der Waals surface area (Å²) in [5.74, 6) is 0. The maximum atomic E-state index is 11.7. The second-order valence-corrected chi connectivity index (χ2v) is 26.8. The molecule has 0 radical (unpaired) electrons. The van der Waals surface area contributed by atoms with E-state index in [0.717, 1.165) is 122 Å². The van der Waals surface area contributed by atoms with Crippen LogP contribution < -0.4 is 124 Å². The van der Waals surface area contributed by atoms with Crippen molar-refractivity contribution in [3.63, 3.8) is 0 Å². The summed E-state index contributed by atoms with van der Waals surface area (Å²) in [6.45, 7) is 58.9. The van der Waals surface area contributed by atoms with E-state index in [1.165, 1.54) is 78.9 Å². The zero-order valence-corrected chi connectivity index (χ0v) is 96.9. The first-order chi connectivity index (χ1) is 63.6. The number of hydrogen-bond acceptors (Lipinski definition) is 14. The SMILES string of the molecule is CC.CC.CC.CC.CC.CC.CC.CC.CC.CC.CCCc1cc(N)ccc1Cc1ccccc1.CCCc1cc(NC(=O)OCC)c(I)cc1Cc1ccccc1.CCCc1cc(NC(=O)OCC)ccc1Cc1ccccc1.CCCc1cc([N+](=O)[O-])ccc1Cc1ccccc1.CCCc1cc([N+](=O)[O-])ccc1Cl.CCOC(=O)Cl.Cc1ccccc1.O=CO[O-].[H-].[K+].[K+]. The van der Waals surface area contributed by atoms with Crippen LogP contribution in [0.25, 0.3) is 0 Å². The molecule has 0 aliphatic heterocycles.